The Bertz CT molecular complexity index is 757. The van der Waals surface area contributed by atoms with Crippen molar-refractivity contribution in [3.05, 3.63) is 52.2 Å². The maximum atomic E-state index is 12.5. The SMILES string of the molecule is O=S(=O)(NCC[C@@H](CCO)c1ccsc1)c1ccc(C(F)(F)F)cc1. The Balaban J connectivity index is 1.99. The lowest BCUT2D eigenvalue weighted by atomic mass is 9.95. The summed E-state index contributed by atoms with van der Waals surface area (Å²) < 4.78 is 64.3. The number of alkyl halides is 3. The topological polar surface area (TPSA) is 66.4 Å². The zero-order valence-corrected chi connectivity index (χ0v) is 14.8. The molecule has 9 heteroatoms. The third-order valence-corrected chi connectivity index (χ3v) is 5.95. The molecule has 2 aromatic rings. The second-order valence-electron chi connectivity index (χ2n) is 5.47. The number of hydrogen-bond acceptors (Lipinski definition) is 4. The molecular weight excluding hydrogens is 375 g/mol. The molecule has 0 unspecified atom stereocenters. The van der Waals surface area contributed by atoms with Gasteiger partial charge in [-0.05, 0) is 65.4 Å². The van der Waals surface area contributed by atoms with Crippen LogP contribution in [0.3, 0.4) is 0 Å². The molecule has 0 bridgehead atoms. The first kappa shape index (κ1) is 19.9. The summed E-state index contributed by atoms with van der Waals surface area (Å²) in [4.78, 5) is -0.213. The van der Waals surface area contributed by atoms with Crippen LogP contribution in [0.4, 0.5) is 13.2 Å². The minimum absolute atomic E-state index is 0.00777. The van der Waals surface area contributed by atoms with Crippen LogP contribution in [0.25, 0.3) is 0 Å². The molecule has 2 rings (SSSR count). The van der Waals surface area contributed by atoms with Gasteiger partial charge in [0.15, 0.2) is 0 Å². The van der Waals surface area contributed by atoms with Crippen molar-refractivity contribution in [3.63, 3.8) is 0 Å². The van der Waals surface area contributed by atoms with Gasteiger partial charge in [-0.15, -0.1) is 0 Å². The number of halogens is 3. The Labute approximate surface area is 148 Å². The van der Waals surface area contributed by atoms with Crippen LogP contribution in [0, 0.1) is 0 Å². The van der Waals surface area contributed by atoms with Crippen molar-refractivity contribution in [1.82, 2.24) is 4.72 Å². The first-order valence-corrected chi connectivity index (χ1v) is 9.96. The third-order valence-electron chi connectivity index (χ3n) is 3.77. The fraction of sp³-hybridized carbons (Fsp3) is 0.375. The quantitative estimate of drug-likeness (QED) is 0.720. The Morgan fingerprint density at radius 1 is 1.12 bits per heavy atom. The highest BCUT2D eigenvalue weighted by molar-refractivity contribution is 7.89. The van der Waals surface area contributed by atoms with E-state index in [1.54, 1.807) is 0 Å². The summed E-state index contributed by atoms with van der Waals surface area (Å²) in [6.07, 6.45) is -3.51. The van der Waals surface area contributed by atoms with Gasteiger partial charge in [-0.1, -0.05) is 0 Å². The van der Waals surface area contributed by atoms with E-state index in [1.807, 2.05) is 16.8 Å². The highest BCUT2D eigenvalue weighted by atomic mass is 32.2. The summed E-state index contributed by atoms with van der Waals surface area (Å²) in [5.41, 5.74) is 0.139. The van der Waals surface area contributed by atoms with E-state index in [9.17, 15) is 21.6 Å². The molecule has 0 spiro atoms. The lowest BCUT2D eigenvalue weighted by molar-refractivity contribution is -0.137. The van der Waals surface area contributed by atoms with E-state index in [1.165, 1.54) is 11.3 Å². The molecule has 0 fully saturated rings. The molecule has 0 saturated carbocycles. The Morgan fingerprint density at radius 2 is 1.80 bits per heavy atom. The fourth-order valence-electron chi connectivity index (χ4n) is 2.41. The van der Waals surface area contributed by atoms with Gasteiger partial charge < -0.3 is 5.11 Å². The highest BCUT2D eigenvalue weighted by Gasteiger charge is 2.30. The van der Waals surface area contributed by atoms with Crippen molar-refractivity contribution < 1.29 is 26.7 Å². The van der Waals surface area contributed by atoms with Crippen molar-refractivity contribution in [2.24, 2.45) is 0 Å². The molecule has 25 heavy (non-hydrogen) atoms. The molecular formula is C16H18F3NO3S2. The van der Waals surface area contributed by atoms with Crippen LogP contribution in [0.5, 0.6) is 0 Å². The maximum absolute atomic E-state index is 12.5. The molecule has 1 aromatic heterocycles. The first-order valence-electron chi connectivity index (χ1n) is 7.54. The van der Waals surface area contributed by atoms with Crippen LogP contribution in [0.15, 0.2) is 46.0 Å². The van der Waals surface area contributed by atoms with Gasteiger partial charge >= 0.3 is 6.18 Å². The zero-order valence-electron chi connectivity index (χ0n) is 13.2. The molecule has 0 radical (unpaired) electrons. The smallest absolute Gasteiger partial charge is 0.396 e. The molecule has 0 aliphatic heterocycles. The van der Waals surface area contributed by atoms with Crippen LogP contribution in [-0.4, -0.2) is 26.7 Å². The van der Waals surface area contributed by atoms with Gasteiger partial charge in [0.2, 0.25) is 10.0 Å². The normalized spacial score (nSPS) is 13.8. The number of benzene rings is 1. The molecule has 1 aromatic carbocycles. The van der Waals surface area contributed by atoms with Gasteiger partial charge in [-0.25, -0.2) is 13.1 Å². The number of rotatable bonds is 8. The second-order valence-corrected chi connectivity index (χ2v) is 8.02. The minimum atomic E-state index is -4.51. The Kier molecular flexibility index (Phi) is 6.61. The molecule has 0 aliphatic rings. The number of aliphatic hydroxyl groups excluding tert-OH is 1. The van der Waals surface area contributed by atoms with Crippen molar-refractivity contribution in [2.75, 3.05) is 13.2 Å². The highest BCUT2D eigenvalue weighted by Crippen LogP contribution is 2.30. The number of hydrogen-bond donors (Lipinski definition) is 2. The van der Waals surface area contributed by atoms with Crippen LogP contribution in [0.2, 0.25) is 0 Å². The summed E-state index contributed by atoms with van der Waals surface area (Å²) in [6.45, 7) is 0.121. The summed E-state index contributed by atoms with van der Waals surface area (Å²) >= 11 is 1.52. The molecule has 0 amide bonds. The summed E-state index contributed by atoms with van der Waals surface area (Å²) in [5.74, 6) is 0.0200. The van der Waals surface area contributed by atoms with Gasteiger partial charge in [0.25, 0.3) is 0 Å². The maximum Gasteiger partial charge on any atom is 0.416 e. The molecule has 0 aliphatic carbocycles. The summed E-state index contributed by atoms with van der Waals surface area (Å²) in [7, 11) is -3.88. The number of sulfonamides is 1. The third kappa shape index (κ3) is 5.53. The molecule has 138 valence electrons. The van der Waals surface area contributed by atoms with Crippen molar-refractivity contribution in [1.29, 1.82) is 0 Å². The van der Waals surface area contributed by atoms with E-state index >= 15 is 0 Å². The van der Waals surface area contributed by atoms with E-state index in [4.69, 9.17) is 5.11 Å². The average Bonchev–Trinajstić information content (AvgIpc) is 3.07. The van der Waals surface area contributed by atoms with E-state index in [0.29, 0.717) is 12.8 Å². The number of aliphatic hydroxyl groups is 1. The van der Waals surface area contributed by atoms with E-state index in [-0.39, 0.29) is 24.0 Å². The van der Waals surface area contributed by atoms with Crippen LogP contribution < -0.4 is 4.72 Å². The molecule has 1 heterocycles. The summed E-state index contributed by atoms with van der Waals surface area (Å²) in [6, 6.07) is 5.29. The largest absolute Gasteiger partial charge is 0.416 e. The van der Waals surface area contributed by atoms with E-state index in [2.05, 4.69) is 4.72 Å². The minimum Gasteiger partial charge on any atom is -0.396 e. The van der Waals surface area contributed by atoms with E-state index < -0.39 is 21.8 Å². The number of nitrogens with one attached hydrogen (secondary N) is 1. The van der Waals surface area contributed by atoms with Crippen molar-refractivity contribution in [3.8, 4) is 0 Å². The average molecular weight is 393 g/mol. The predicted octanol–water partition coefficient (Wildman–Crippen LogP) is 3.60. The molecule has 4 nitrogen and oxygen atoms in total. The van der Waals surface area contributed by atoms with Crippen LogP contribution >= 0.6 is 11.3 Å². The molecule has 1 atom stereocenters. The van der Waals surface area contributed by atoms with Crippen molar-refractivity contribution in [2.45, 2.75) is 29.8 Å². The molecule has 2 N–H and O–H groups in total. The first-order chi connectivity index (χ1) is 11.7. The standard InChI is InChI=1S/C16H18F3NO3S2/c17-16(18,19)14-1-3-15(4-2-14)25(22,23)20-8-5-12(6-9-21)13-7-10-24-11-13/h1-4,7,10-12,20-21H,5-6,8-9H2/t12-/m0/s1. The predicted molar refractivity (Wildman–Crippen MR) is 90.0 cm³/mol. The molecule has 0 saturated heterocycles. The Hall–Kier alpha value is -1.42. The van der Waals surface area contributed by atoms with Gasteiger partial charge in [0.05, 0.1) is 10.5 Å². The van der Waals surface area contributed by atoms with Gasteiger partial charge in [0, 0.05) is 13.2 Å². The fourth-order valence-corrected chi connectivity index (χ4v) is 4.20. The monoisotopic (exact) mass is 393 g/mol. The summed E-state index contributed by atoms with van der Waals surface area (Å²) in [5, 5.41) is 13.0. The van der Waals surface area contributed by atoms with Gasteiger partial charge in [-0.3, -0.25) is 0 Å². The van der Waals surface area contributed by atoms with E-state index in [0.717, 1.165) is 29.8 Å². The zero-order chi connectivity index (χ0) is 18.5. The Morgan fingerprint density at radius 3 is 2.32 bits per heavy atom. The van der Waals surface area contributed by atoms with Crippen LogP contribution in [0.1, 0.15) is 29.9 Å². The van der Waals surface area contributed by atoms with Crippen LogP contribution in [-0.2, 0) is 16.2 Å². The lowest BCUT2D eigenvalue weighted by Gasteiger charge is -2.15. The second kappa shape index (κ2) is 8.31. The number of thiophene rings is 1. The van der Waals surface area contributed by atoms with Gasteiger partial charge in [0.1, 0.15) is 0 Å². The van der Waals surface area contributed by atoms with Gasteiger partial charge in [-0.2, -0.15) is 24.5 Å². The van der Waals surface area contributed by atoms with Crippen molar-refractivity contribution >= 4 is 21.4 Å². The lowest BCUT2D eigenvalue weighted by Crippen LogP contribution is -2.26.